The molecule has 0 heterocycles. The molecule has 0 unspecified atom stereocenters. The summed E-state index contributed by atoms with van der Waals surface area (Å²) in [6.07, 6.45) is 5.96. The normalized spacial score (nSPS) is 26.0. The van der Waals surface area contributed by atoms with Gasteiger partial charge < -0.3 is 4.74 Å². The monoisotopic (exact) mass is 275 g/mol. The number of rotatable bonds is 4. The molecule has 0 saturated heterocycles. The summed E-state index contributed by atoms with van der Waals surface area (Å²) in [7, 11) is 1.52. The molecule has 1 aliphatic rings. The third-order valence-electron chi connectivity index (χ3n) is 4.56. The molecule has 3 heteroatoms. The zero-order valence-electron chi connectivity index (χ0n) is 12.3. The highest BCUT2D eigenvalue weighted by Gasteiger charge is 2.38. The van der Waals surface area contributed by atoms with E-state index in [9.17, 15) is 9.65 Å². The first-order valence-corrected chi connectivity index (χ1v) is 7.40. The fraction of sp³-hybridized carbons (Fsp3) is 0.588. The number of halogens is 1. The van der Waals surface area contributed by atoms with E-state index in [1.54, 1.807) is 12.1 Å². The Kier molecular flexibility index (Phi) is 4.65. The number of hydrogen-bond acceptors (Lipinski definition) is 2. The van der Waals surface area contributed by atoms with Crippen LogP contribution in [0.15, 0.2) is 18.2 Å². The number of nitrogens with zero attached hydrogens (tertiary/aromatic N) is 1. The molecule has 0 radical (unpaired) electrons. The standard InChI is InChI=1S/C17H22FNO/c1-3-4-13-7-9-17(12-19,10-8-13)15-6-5-14(20-2)11-16(15)18/h5-6,11,13H,3-4,7-10H2,1-2H3. The Morgan fingerprint density at radius 2 is 2.10 bits per heavy atom. The van der Waals surface area contributed by atoms with Crippen molar-refractivity contribution in [2.45, 2.75) is 50.9 Å². The predicted octanol–water partition coefficient (Wildman–Crippen LogP) is 4.59. The van der Waals surface area contributed by atoms with Gasteiger partial charge in [-0.15, -0.1) is 0 Å². The van der Waals surface area contributed by atoms with Crippen molar-refractivity contribution in [3.8, 4) is 11.8 Å². The quantitative estimate of drug-likeness (QED) is 0.805. The van der Waals surface area contributed by atoms with Crippen molar-refractivity contribution in [2.24, 2.45) is 5.92 Å². The average Bonchev–Trinajstić information content (AvgIpc) is 2.48. The van der Waals surface area contributed by atoms with Crippen LogP contribution >= 0.6 is 0 Å². The van der Waals surface area contributed by atoms with Gasteiger partial charge in [0.05, 0.1) is 18.6 Å². The number of methoxy groups -OCH3 is 1. The molecule has 1 saturated carbocycles. The van der Waals surface area contributed by atoms with Crippen molar-refractivity contribution in [1.29, 1.82) is 5.26 Å². The second kappa shape index (κ2) is 6.26. The van der Waals surface area contributed by atoms with Crippen molar-refractivity contribution < 1.29 is 9.13 Å². The van der Waals surface area contributed by atoms with E-state index < -0.39 is 5.41 Å². The van der Waals surface area contributed by atoms with Crippen molar-refractivity contribution in [3.63, 3.8) is 0 Å². The van der Waals surface area contributed by atoms with Crippen LogP contribution in [0.25, 0.3) is 0 Å². The van der Waals surface area contributed by atoms with Gasteiger partial charge in [-0.3, -0.25) is 0 Å². The number of nitriles is 1. The maximum Gasteiger partial charge on any atom is 0.131 e. The van der Waals surface area contributed by atoms with Crippen molar-refractivity contribution in [2.75, 3.05) is 7.11 Å². The van der Waals surface area contributed by atoms with Gasteiger partial charge in [-0.1, -0.05) is 25.8 Å². The molecule has 0 aliphatic heterocycles. The highest BCUT2D eigenvalue weighted by atomic mass is 19.1. The topological polar surface area (TPSA) is 33.0 Å². The van der Waals surface area contributed by atoms with Crippen molar-refractivity contribution in [1.82, 2.24) is 0 Å². The lowest BCUT2D eigenvalue weighted by atomic mass is 9.67. The van der Waals surface area contributed by atoms with E-state index >= 15 is 0 Å². The molecule has 1 aromatic rings. The van der Waals surface area contributed by atoms with Crippen LogP contribution in [0.4, 0.5) is 4.39 Å². The highest BCUT2D eigenvalue weighted by molar-refractivity contribution is 5.38. The Hall–Kier alpha value is -1.56. The average molecular weight is 275 g/mol. The second-order valence-electron chi connectivity index (χ2n) is 5.77. The van der Waals surface area contributed by atoms with Gasteiger partial charge in [0.15, 0.2) is 0 Å². The minimum absolute atomic E-state index is 0.320. The van der Waals surface area contributed by atoms with E-state index in [4.69, 9.17) is 4.74 Å². The predicted molar refractivity (Wildman–Crippen MR) is 77.1 cm³/mol. The maximum atomic E-state index is 14.3. The summed E-state index contributed by atoms with van der Waals surface area (Å²) in [5.74, 6) is 0.877. The number of ether oxygens (including phenoxy) is 1. The van der Waals surface area contributed by atoms with Crippen LogP contribution in [-0.4, -0.2) is 7.11 Å². The molecule has 0 aromatic heterocycles. The summed E-state index contributed by atoms with van der Waals surface area (Å²) >= 11 is 0. The van der Waals surface area contributed by atoms with Gasteiger partial charge in [-0.25, -0.2) is 4.39 Å². The van der Waals surface area contributed by atoms with Gasteiger partial charge in [0.25, 0.3) is 0 Å². The summed E-state index contributed by atoms with van der Waals surface area (Å²) in [5, 5.41) is 9.61. The first-order valence-electron chi connectivity index (χ1n) is 7.40. The first kappa shape index (κ1) is 14.8. The van der Waals surface area contributed by atoms with E-state index in [1.165, 1.54) is 26.0 Å². The van der Waals surface area contributed by atoms with Crippen molar-refractivity contribution in [3.05, 3.63) is 29.6 Å². The van der Waals surface area contributed by atoms with Gasteiger partial charge in [0.2, 0.25) is 0 Å². The number of hydrogen-bond donors (Lipinski definition) is 0. The molecular weight excluding hydrogens is 253 g/mol. The summed E-state index contributed by atoms with van der Waals surface area (Å²) in [4.78, 5) is 0. The van der Waals surface area contributed by atoms with E-state index in [1.807, 2.05) is 0 Å². The van der Waals surface area contributed by atoms with Gasteiger partial charge in [-0.05, 0) is 37.7 Å². The molecule has 1 aliphatic carbocycles. The van der Waals surface area contributed by atoms with Gasteiger partial charge in [0, 0.05) is 11.6 Å². The SMILES string of the molecule is CCCC1CCC(C#N)(c2ccc(OC)cc2F)CC1. The van der Waals surface area contributed by atoms with Crippen LogP contribution < -0.4 is 4.74 Å². The van der Waals surface area contributed by atoms with E-state index in [0.717, 1.165) is 25.7 Å². The molecule has 0 amide bonds. The third-order valence-corrected chi connectivity index (χ3v) is 4.56. The van der Waals surface area contributed by atoms with Crippen molar-refractivity contribution >= 4 is 0 Å². The van der Waals surface area contributed by atoms with Gasteiger partial charge in [0.1, 0.15) is 11.6 Å². The van der Waals surface area contributed by atoms with E-state index in [-0.39, 0.29) is 5.82 Å². The third kappa shape index (κ3) is 2.80. The van der Waals surface area contributed by atoms with Gasteiger partial charge in [-0.2, -0.15) is 5.26 Å². The maximum absolute atomic E-state index is 14.3. The van der Waals surface area contributed by atoms with Crippen LogP contribution in [0, 0.1) is 23.1 Å². The Balaban J connectivity index is 2.23. The molecule has 2 nitrogen and oxygen atoms in total. The van der Waals surface area contributed by atoms with Crippen LogP contribution in [-0.2, 0) is 5.41 Å². The fourth-order valence-corrected chi connectivity index (χ4v) is 3.32. The largest absolute Gasteiger partial charge is 0.497 e. The summed E-state index contributed by atoms with van der Waals surface area (Å²) in [6, 6.07) is 7.24. The molecule has 108 valence electrons. The molecule has 0 atom stereocenters. The Morgan fingerprint density at radius 3 is 2.60 bits per heavy atom. The molecule has 20 heavy (non-hydrogen) atoms. The zero-order chi connectivity index (χ0) is 14.6. The molecule has 0 bridgehead atoms. The van der Waals surface area contributed by atoms with Gasteiger partial charge >= 0.3 is 0 Å². The molecule has 2 rings (SSSR count). The summed E-state index contributed by atoms with van der Waals surface area (Å²) < 4.78 is 19.3. The molecule has 1 aromatic carbocycles. The van der Waals surface area contributed by atoms with Crippen LogP contribution in [0.2, 0.25) is 0 Å². The minimum atomic E-state index is -0.652. The van der Waals surface area contributed by atoms with E-state index in [2.05, 4.69) is 13.0 Å². The molecular formula is C17H22FNO. The first-order chi connectivity index (χ1) is 9.65. The van der Waals surface area contributed by atoms with Crippen LogP contribution in [0.5, 0.6) is 5.75 Å². The fourth-order valence-electron chi connectivity index (χ4n) is 3.32. The van der Waals surface area contributed by atoms with Crippen LogP contribution in [0.3, 0.4) is 0 Å². The highest BCUT2D eigenvalue weighted by Crippen LogP contribution is 2.43. The summed E-state index contributed by atoms with van der Waals surface area (Å²) in [6.45, 7) is 2.19. The molecule has 1 fully saturated rings. The Bertz CT molecular complexity index is 498. The van der Waals surface area contributed by atoms with Crippen LogP contribution in [0.1, 0.15) is 51.0 Å². The van der Waals surface area contributed by atoms with E-state index in [0.29, 0.717) is 17.2 Å². The molecule has 0 spiro atoms. The second-order valence-corrected chi connectivity index (χ2v) is 5.77. The number of benzene rings is 1. The lowest BCUT2D eigenvalue weighted by Gasteiger charge is -2.35. The zero-order valence-corrected chi connectivity index (χ0v) is 12.3. The Labute approximate surface area is 120 Å². The summed E-state index contributed by atoms with van der Waals surface area (Å²) in [5.41, 5.74) is -0.114. The smallest absolute Gasteiger partial charge is 0.131 e. The molecule has 0 N–H and O–H groups in total. The lowest BCUT2D eigenvalue weighted by Crippen LogP contribution is -2.31. The Morgan fingerprint density at radius 1 is 1.40 bits per heavy atom. The minimum Gasteiger partial charge on any atom is -0.497 e. The lowest BCUT2D eigenvalue weighted by molar-refractivity contribution is 0.260.